The minimum atomic E-state index is -0.412. The highest BCUT2D eigenvalue weighted by molar-refractivity contribution is 7.09. The van der Waals surface area contributed by atoms with Crippen molar-refractivity contribution >= 4 is 23.2 Å². The normalized spacial score (nSPS) is 23.6. The Morgan fingerprint density at radius 1 is 1.42 bits per heavy atom. The molecule has 24 heavy (non-hydrogen) atoms. The van der Waals surface area contributed by atoms with Gasteiger partial charge < -0.3 is 14.2 Å². The summed E-state index contributed by atoms with van der Waals surface area (Å²) in [6, 6.07) is 1.67. The molecule has 126 valence electrons. The molecule has 6 nitrogen and oxygen atoms in total. The van der Waals surface area contributed by atoms with E-state index in [0.717, 1.165) is 30.1 Å². The molecule has 0 N–H and O–H groups in total. The van der Waals surface area contributed by atoms with Gasteiger partial charge in [-0.25, -0.2) is 4.98 Å². The van der Waals surface area contributed by atoms with Crippen molar-refractivity contribution in [3.05, 3.63) is 40.2 Å². The van der Waals surface area contributed by atoms with Crippen LogP contribution in [0.4, 0.5) is 0 Å². The molecule has 4 heterocycles. The third-order valence-corrected chi connectivity index (χ3v) is 5.85. The molecule has 0 bridgehead atoms. The quantitative estimate of drug-likeness (QED) is 0.856. The van der Waals surface area contributed by atoms with Crippen LogP contribution >= 0.6 is 11.3 Å². The van der Waals surface area contributed by atoms with E-state index < -0.39 is 5.41 Å². The number of aromatic nitrogens is 1. The maximum absolute atomic E-state index is 12.9. The Labute approximate surface area is 144 Å². The van der Waals surface area contributed by atoms with Gasteiger partial charge in [-0.1, -0.05) is 0 Å². The van der Waals surface area contributed by atoms with E-state index in [1.165, 1.54) is 12.5 Å². The number of furan rings is 1. The van der Waals surface area contributed by atoms with Gasteiger partial charge in [-0.05, 0) is 25.8 Å². The van der Waals surface area contributed by atoms with Crippen LogP contribution in [0.15, 0.2) is 28.4 Å². The van der Waals surface area contributed by atoms with Crippen LogP contribution in [0.3, 0.4) is 0 Å². The van der Waals surface area contributed by atoms with Crippen molar-refractivity contribution < 1.29 is 14.0 Å². The molecule has 7 heteroatoms. The Morgan fingerprint density at radius 2 is 2.25 bits per heavy atom. The number of aryl methyl sites for hydroxylation is 1. The molecule has 2 aliphatic heterocycles. The molecule has 2 fully saturated rings. The second-order valence-corrected chi connectivity index (χ2v) is 7.67. The Morgan fingerprint density at radius 3 is 2.96 bits per heavy atom. The largest absolute Gasteiger partial charge is 0.472 e. The van der Waals surface area contributed by atoms with Crippen LogP contribution in [0.25, 0.3) is 0 Å². The molecule has 2 amide bonds. The third-order valence-electron chi connectivity index (χ3n) is 5.03. The van der Waals surface area contributed by atoms with Gasteiger partial charge in [0.1, 0.15) is 6.26 Å². The number of amides is 2. The molecular formula is C17H19N3O3S. The van der Waals surface area contributed by atoms with E-state index >= 15 is 0 Å². The van der Waals surface area contributed by atoms with Crippen LogP contribution in [-0.4, -0.2) is 46.2 Å². The van der Waals surface area contributed by atoms with Crippen molar-refractivity contribution in [3.63, 3.8) is 0 Å². The number of likely N-dealkylation sites (tertiary alicyclic amines) is 2. The van der Waals surface area contributed by atoms with Crippen molar-refractivity contribution in [2.24, 2.45) is 5.41 Å². The summed E-state index contributed by atoms with van der Waals surface area (Å²) in [5.41, 5.74) is 1.09. The third kappa shape index (κ3) is 2.53. The number of carbonyl (C=O) groups is 2. The summed E-state index contributed by atoms with van der Waals surface area (Å²) in [5, 5.41) is 3.03. The van der Waals surface area contributed by atoms with Gasteiger partial charge in [-0.2, -0.15) is 0 Å². The van der Waals surface area contributed by atoms with E-state index in [1.54, 1.807) is 22.3 Å². The SMILES string of the molecule is Cc1nc(CN2CC[C@]3(CCN(C(=O)c4ccoc4)C3)C2=O)cs1. The van der Waals surface area contributed by atoms with E-state index in [9.17, 15) is 9.59 Å². The Hall–Kier alpha value is -2.15. The van der Waals surface area contributed by atoms with E-state index in [-0.39, 0.29) is 11.8 Å². The standard InChI is InChI=1S/C17H19N3O3S/c1-12-18-14(10-24-12)8-19-5-3-17(16(19)22)4-6-20(11-17)15(21)13-2-7-23-9-13/h2,7,9-10H,3-6,8,11H2,1H3/t17-/m1/s1. The average Bonchev–Trinajstić information content (AvgIpc) is 3.34. The summed E-state index contributed by atoms with van der Waals surface area (Å²) in [7, 11) is 0. The van der Waals surface area contributed by atoms with Crippen LogP contribution in [0.2, 0.25) is 0 Å². The van der Waals surface area contributed by atoms with Gasteiger partial charge in [-0.15, -0.1) is 11.3 Å². The maximum atomic E-state index is 12.9. The first-order valence-electron chi connectivity index (χ1n) is 8.09. The van der Waals surface area contributed by atoms with Crippen LogP contribution in [-0.2, 0) is 11.3 Å². The summed E-state index contributed by atoms with van der Waals surface area (Å²) >= 11 is 1.60. The lowest BCUT2D eigenvalue weighted by Gasteiger charge is -2.23. The van der Waals surface area contributed by atoms with Gasteiger partial charge >= 0.3 is 0 Å². The lowest BCUT2D eigenvalue weighted by molar-refractivity contribution is -0.135. The maximum Gasteiger partial charge on any atom is 0.257 e. The molecule has 1 spiro atoms. The topological polar surface area (TPSA) is 66.7 Å². The Bertz CT molecular complexity index is 770. The molecule has 4 rings (SSSR count). The first-order chi connectivity index (χ1) is 11.6. The Balaban J connectivity index is 1.45. The number of hydrogen-bond acceptors (Lipinski definition) is 5. The molecular weight excluding hydrogens is 326 g/mol. The summed E-state index contributed by atoms with van der Waals surface area (Å²) in [5.74, 6) is 0.109. The molecule has 2 aromatic rings. The predicted octanol–water partition coefficient (Wildman–Crippen LogP) is 2.31. The second-order valence-electron chi connectivity index (χ2n) is 6.60. The highest BCUT2D eigenvalue weighted by atomic mass is 32.1. The molecule has 0 unspecified atom stereocenters. The van der Waals surface area contributed by atoms with Gasteiger partial charge in [-0.3, -0.25) is 9.59 Å². The number of thiazole rings is 1. The summed E-state index contributed by atoms with van der Waals surface area (Å²) in [6.07, 6.45) is 4.50. The fraction of sp³-hybridized carbons (Fsp3) is 0.471. The fourth-order valence-electron chi connectivity index (χ4n) is 3.71. The number of carbonyl (C=O) groups excluding carboxylic acids is 2. The molecule has 1 atom stereocenters. The molecule has 0 aromatic carbocycles. The van der Waals surface area contributed by atoms with Gasteiger partial charge in [0.25, 0.3) is 5.91 Å². The van der Waals surface area contributed by atoms with Crippen molar-refractivity contribution in [2.75, 3.05) is 19.6 Å². The van der Waals surface area contributed by atoms with Crippen LogP contribution in [0.1, 0.15) is 33.9 Å². The first-order valence-corrected chi connectivity index (χ1v) is 8.97. The van der Waals surface area contributed by atoms with E-state index in [2.05, 4.69) is 4.98 Å². The van der Waals surface area contributed by atoms with E-state index in [0.29, 0.717) is 25.2 Å². The average molecular weight is 345 g/mol. The monoisotopic (exact) mass is 345 g/mol. The predicted molar refractivity (Wildman–Crippen MR) is 88.5 cm³/mol. The van der Waals surface area contributed by atoms with E-state index in [4.69, 9.17) is 4.42 Å². The van der Waals surface area contributed by atoms with Crippen molar-refractivity contribution in [1.82, 2.24) is 14.8 Å². The van der Waals surface area contributed by atoms with Gasteiger partial charge in [0.15, 0.2) is 0 Å². The zero-order valence-electron chi connectivity index (χ0n) is 13.5. The number of nitrogens with zero attached hydrogens (tertiary/aromatic N) is 3. The summed E-state index contributed by atoms with van der Waals surface area (Å²) in [4.78, 5) is 33.5. The smallest absolute Gasteiger partial charge is 0.257 e. The lowest BCUT2D eigenvalue weighted by Crippen LogP contribution is -2.38. The Kier molecular flexibility index (Phi) is 3.68. The molecule has 0 aliphatic carbocycles. The number of hydrogen-bond donors (Lipinski definition) is 0. The van der Waals surface area contributed by atoms with Crippen molar-refractivity contribution in [1.29, 1.82) is 0 Å². The van der Waals surface area contributed by atoms with E-state index in [1.807, 2.05) is 17.2 Å². The highest BCUT2D eigenvalue weighted by Crippen LogP contribution is 2.41. The van der Waals surface area contributed by atoms with Crippen LogP contribution < -0.4 is 0 Å². The summed E-state index contributed by atoms with van der Waals surface area (Å²) < 4.78 is 4.99. The molecule has 0 saturated carbocycles. The zero-order chi connectivity index (χ0) is 16.7. The fourth-order valence-corrected chi connectivity index (χ4v) is 4.32. The highest BCUT2D eigenvalue weighted by Gasteiger charge is 2.51. The summed E-state index contributed by atoms with van der Waals surface area (Å²) in [6.45, 7) is 4.41. The molecule has 0 radical (unpaired) electrons. The van der Waals surface area contributed by atoms with Crippen molar-refractivity contribution in [3.8, 4) is 0 Å². The molecule has 2 saturated heterocycles. The first kappa shape index (κ1) is 15.4. The zero-order valence-corrected chi connectivity index (χ0v) is 14.3. The van der Waals surface area contributed by atoms with Crippen LogP contribution in [0, 0.1) is 12.3 Å². The van der Waals surface area contributed by atoms with Crippen molar-refractivity contribution in [2.45, 2.75) is 26.3 Å². The lowest BCUT2D eigenvalue weighted by atomic mass is 9.85. The molecule has 2 aliphatic rings. The van der Waals surface area contributed by atoms with Crippen LogP contribution in [0.5, 0.6) is 0 Å². The number of rotatable bonds is 3. The van der Waals surface area contributed by atoms with Gasteiger partial charge in [0.05, 0.1) is 34.5 Å². The van der Waals surface area contributed by atoms with Gasteiger partial charge in [0, 0.05) is 25.0 Å². The van der Waals surface area contributed by atoms with Gasteiger partial charge in [0.2, 0.25) is 5.91 Å². The molecule has 2 aromatic heterocycles. The second kappa shape index (κ2) is 5.73. The minimum absolute atomic E-state index is 0.0537. The minimum Gasteiger partial charge on any atom is -0.472 e.